The van der Waals surface area contributed by atoms with E-state index in [2.05, 4.69) is 11.7 Å². The van der Waals surface area contributed by atoms with E-state index in [1.54, 1.807) is 4.90 Å². The summed E-state index contributed by atoms with van der Waals surface area (Å²) in [5, 5.41) is 0. The van der Waals surface area contributed by atoms with Crippen molar-refractivity contribution in [1.82, 2.24) is 4.90 Å². The molecule has 1 saturated heterocycles. The van der Waals surface area contributed by atoms with Crippen LogP contribution in [0.1, 0.15) is 12.8 Å². The van der Waals surface area contributed by atoms with Crippen LogP contribution in [0, 0.1) is 12.8 Å². The summed E-state index contributed by atoms with van der Waals surface area (Å²) in [4.78, 5) is 23.6. The van der Waals surface area contributed by atoms with Gasteiger partial charge in [0, 0.05) is 20.0 Å². The third kappa shape index (κ3) is 2.44. The SMILES string of the molecule is [CH2]C(=O)N1CCC(C(=O)OC)CC1. The van der Waals surface area contributed by atoms with Gasteiger partial charge in [-0.05, 0) is 12.8 Å². The van der Waals surface area contributed by atoms with E-state index < -0.39 is 0 Å². The number of likely N-dealkylation sites (tertiary alicyclic amines) is 1. The molecule has 4 nitrogen and oxygen atoms in total. The average Bonchev–Trinajstić information content (AvgIpc) is 2.17. The van der Waals surface area contributed by atoms with E-state index >= 15 is 0 Å². The Labute approximate surface area is 77.8 Å². The number of amides is 1. The van der Waals surface area contributed by atoms with Gasteiger partial charge in [0.25, 0.3) is 0 Å². The molecule has 0 aromatic carbocycles. The van der Waals surface area contributed by atoms with Gasteiger partial charge in [-0.25, -0.2) is 0 Å². The van der Waals surface area contributed by atoms with Gasteiger partial charge in [-0.15, -0.1) is 0 Å². The molecule has 1 radical (unpaired) electrons. The first-order valence-corrected chi connectivity index (χ1v) is 4.34. The van der Waals surface area contributed by atoms with Gasteiger partial charge in [0.1, 0.15) is 0 Å². The molecule has 13 heavy (non-hydrogen) atoms. The summed E-state index contributed by atoms with van der Waals surface area (Å²) in [5.74, 6) is -0.375. The van der Waals surface area contributed by atoms with Crippen molar-refractivity contribution in [2.24, 2.45) is 5.92 Å². The lowest BCUT2D eigenvalue weighted by molar-refractivity contribution is -0.148. The number of hydrogen-bond donors (Lipinski definition) is 0. The minimum absolute atomic E-state index is 0.0411. The molecular formula is C9H14NO3. The van der Waals surface area contributed by atoms with Crippen molar-refractivity contribution < 1.29 is 14.3 Å². The molecule has 1 amide bonds. The number of esters is 1. The van der Waals surface area contributed by atoms with Gasteiger partial charge in [-0.3, -0.25) is 9.59 Å². The number of hydrogen-bond acceptors (Lipinski definition) is 3. The summed E-state index contributed by atoms with van der Waals surface area (Å²) in [6, 6.07) is 0. The molecule has 0 bridgehead atoms. The van der Waals surface area contributed by atoms with E-state index in [9.17, 15) is 9.59 Å². The van der Waals surface area contributed by atoms with E-state index in [1.807, 2.05) is 0 Å². The number of carbonyl (C=O) groups excluding carboxylic acids is 2. The predicted octanol–water partition coefficient (Wildman–Crippen LogP) is 0.232. The Morgan fingerprint density at radius 2 is 1.92 bits per heavy atom. The predicted molar refractivity (Wildman–Crippen MR) is 46.7 cm³/mol. The molecule has 0 aromatic heterocycles. The number of piperidine rings is 1. The Balaban J connectivity index is 2.39. The normalized spacial score (nSPS) is 18.5. The molecule has 0 saturated carbocycles. The van der Waals surface area contributed by atoms with Gasteiger partial charge < -0.3 is 9.64 Å². The second-order valence-electron chi connectivity index (χ2n) is 3.18. The number of ether oxygens (including phenoxy) is 1. The molecule has 1 aliphatic heterocycles. The van der Waals surface area contributed by atoms with Crippen LogP contribution >= 0.6 is 0 Å². The Hall–Kier alpha value is -1.06. The highest BCUT2D eigenvalue weighted by Gasteiger charge is 2.26. The van der Waals surface area contributed by atoms with Crippen LogP contribution < -0.4 is 0 Å². The zero-order valence-corrected chi connectivity index (χ0v) is 7.78. The number of methoxy groups -OCH3 is 1. The van der Waals surface area contributed by atoms with E-state index in [1.165, 1.54) is 7.11 Å². The quantitative estimate of drug-likeness (QED) is 0.548. The molecule has 1 aliphatic rings. The van der Waals surface area contributed by atoms with E-state index in [-0.39, 0.29) is 17.8 Å². The van der Waals surface area contributed by atoms with E-state index in [0.717, 1.165) is 0 Å². The fourth-order valence-electron chi connectivity index (χ4n) is 1.53. The largest absolute Gasteiger partial charge is 0.469 e. The number of carbonyl (C=O) groups is 2. The van der Waals surface area contributed by atoms with Crippen LogP contribution in [0.2, 0.25) is 0 Å². The monoisotopic (exact) mass is 184 g/mol. The van der Waals surface area contributed by atoms with Crippen molar-refractivity contribution in [2.45, 2.75) is 12.8 Å². The molecule has 1 rings (SSSR count). The second-order valence-corrected chi connectivity index (χ2v) is 3.18. The first-order valence-electron chi connectivity index (χ1n) is 4.34. The van der Waals surface area contributed by atoms with Crippen molar-refractivity contribution in [3.63, 3.8) is 0 Å². The third-order valence-corrected chi connectivity index (χ3v) is 2.38. The highest BCUT2D eigenvalue weighted by atomic mass is 16.5. The minimum atomic E-state index is -0.170. The van der Waals surface area contributed by atoms with Crippen molar-refractivity contribution >= 4 is 11.9 Å². The van der Waals surface area contributed by atoms with Gasteiger partial charge in [-0.1, -0.05) is 0 Å². The number of rotatable bonds is 1. The lowest BCUT2D eigenvalue weighted by Gasteiger charge is -2.29. The van der Waals surface area contributed by atoms with Gasteiger partial charge >= 0.3 is 5.97 Å². The summed E-state index contributed by atoms with van der Waals surface area (Å²) in [6.45, 7) is 4.55. The summed E-state index contributed by atoms with van der Waals surface area (Å²) in [5.41, 5.74) is 0. The smallest absolute Gasteiger partial charge is 0.308 e. The summed E-state index contributed by atoms with van der Waals surface area (Å²) in [7, 11) is 1.39. The average molecular weight is 184 g/mol. The summed E-state index contributed by atoms with van der Waals surface area (Å²) in [6.07, 6.45) is 1.38. The number of nitrogens with zero attached hydrogens (tertiary/aromatic N) is 1. The molecule has 0 spiro atoms. The zero-order valence-electron chi connectivity index (χ0n) is 7.78. The molecule has 73 valence electrons. The maximum atomic E-state index is 11.1. The lowest BCUT2D eigenvalue weighted by Crippen LogP contribution is -2.39. The molecule has 0 atom stereocenters. The van der Waals surface area contributed by atoms with Crippen LogP contribution in [0.15, 0.2) is 0 Å². The fourth-order valence-corrected chi connectivity index (χ4v) is 1.53. The zero-order chi connectivity index (χ0) is 9.84. The summed E-state index contributed by atoms with van der Waals surface area (Å²) < 4.78 is 4.63. The molecule has 0 N–H and O–H groups in total. The van der Waals surface area contributed by atoms with Gasteiger partial charge in [0.15, 0.2) is 0 Å². The van der Waals surface area contributed by atoms with Crippen LogP contribution in [-0.2, 0) is 14.3 Å². The van der Waals surface area contributed by atoms with E-state index in [4.69, 9.17) is 0 Å². The van der Waals surface area contributed by atoms with Crippen molar-refractivity contribution in [1.29, 1.82) is 0 Å². The molecule has 0 unspecified atom stereocenters. The van der Waals surface area contributed by atoms with Crippen molar-refractivity contribution in [2.75, 3.05) is 20.2 Å². The molecular weight excluding hydrogens is 170 g/mol. The van der Waals surface area contributed by atoms with Gasteiger partial charge in [0.05, 0.1) is 13.0 Å². The van der Waals surface area contributed by atoms with E-state index in [0.29, 0.717) is 25.9 Å². The topological polar surface area (TPSA) is 46.6 Å². The summed E-state index contributed by atoms with van der Waals surface area (Å²) >= 11 is 0. The first kappa shape index (κ1) is 10.0. The molecule has 0 aromatic rings. The maximum absolute atomic E-state index is 11.1. The van der Waals surface area contributed by atoms with Gasteiger partial charge in [-0.2, -0.15) is 0 Å². The van der Waals surface area contributed by atoms with Crippen LogP contribution in [-0.4, -0.2) is 37.0 Å². The first-order chi connectivity index (χ1) is 6.15. The fraction of sp³-hybridized carbons (Fsp3) is 0.667. The van der Waals surface area contributed by atoms with Crippen LogP contribution in [0.25, 0.3) is 0 Å². The van der Waals surface area contributed by atoms with Crippen molar-refractivity contribution in [3.05, 3.63) is 6.92 Å². The van der Waals surface area contributed by atoms with Crippen molar-refractivity contribution in [3.8, 4) is 0 Å². The molecule has 1 fully saturated rings. The Morgan fingerprint density at radius 3 is 2.31 bits per heavy atom. The Bertz CT molecular complexity index is 207. The standard InChI is InChI=1S/C9H14NO3/c1-7(11)10-5-3-8(4-6-10)9(12)13-2/h8H,1,3-6H2,2H3. The Morgan fingerprint density at radius 1 is 1.38 bits per heavy atom. The second kappa shape index (κ2) is 4.25. The minimum Gasteiger partial charge on any atom is -0.469 e. The van der Waals surface area contributed by atoms with Crippen LogP contribution in [0.4, 0.5) is 0 Å². The molecule has 0 aliphatic carbocycles. The molecule has 4 heteroatoms. The highest BCUT2D eigenvalue weighted by Crippen LogP contribution is 2.17. The third-order valence-electron chi connectivity index (χ3n) is 2.38. The molecule has 1 heterocycles. The lowest BCUT2D eigenvalue weighted by atomic mass is 9.97. The Kier molecular flexibility index (Phi) is 3.28. The van der Waals surface area contributed by atoms with Crippen LogP contribution in [0.3, 0.4) is 0 Å². The maximum Gasteiger partial charge on any atom is 0.308 e. The van der Waals surface area contributed by atoms with Gasteiger partial charge in [0.2, 0.25) is 5.91 Å². The van der Waals surface area contributed by atoms with Crippen LogP contribution in [0.5, 0.6) is 0 Å². The highest BCUT2D eigenvalue weighted by molar-refractivity contribution is 5.80.